The monoisotopic (exact) mass is 285 g/mol. The number of carbonyl (C=O) groups is 2. The molecule has 20 heavy (non-hydrogen) atoms. The summed E-state index contributed by atoms with van der Waals surface area (Å²) in [5.74, 6) is -0.832. The van der Waals surface area contributed by atoms with Gasteiger partial charge in [0.25, 0.3) is 0 Å². The third kappa shape index (κ3) is 9.87. The van der Waals surface area contributed by atoms with Crippen LogP contribution in [0, 0.1) is 5.82 Å². The minimum Gasteiger partial charge on any atom is -0.466 e. The van der Waals surface area contributed by atoms with Gasteiger partial charge in [-0.15, -0.1) is 0 Å². The van der Waals surface area contributed by atoms with Crippen molar-refractivity contribution >= 4 is 17.6 Å². The molecule has 0 aliphatic carbocycles. The van der Waals surface area contributed by atoms with Crippen molar-refractivity contribution in [2.45, 2.75) is 20.8 Å². The Morgan fingerprint density at radius 1 is 1.10 bits per heavy atom. The van der Waals surface area contributed by atoms with Gasteiger partial charge in [0.05, 0.1) is 13.2 Å². The van der Waals surface area contributed by atoms with Gasteiger partial charge in [-0.3, -0.25) is 9.59 Å². The molecule has 0 bridgehead atoms. The molecule has 0 aliphatic heterocycles. The van der Waals surface area contributed by atoms with Crippen LogP contribution in [0.4, 0.5) is 10.1 Å². The summed E-state index contributed by atoms with van der Waals surface area (Å²) >= 11 is 0. The van der Waals surface area contributed by atoms with Crippen molar-refractivity contribution in [1.29, 1.82) is 0 Å². The zero-order valence-electron chi connectivity index (χ0n) is 11.9. The van der Waals surface area contributed by atoms with Gasteiger partial charge in [-0.1, -0.05) is 0 Å². The average molecular weight is 285 g/mol. The van der Waals surface area contributed by atoms with Crippen LogP contribution in [0.2, 0.25) is 0 Å². The van der Waals surface area contributed by atoms with E-state index in [1.807, 2.05) is 0 Å². The Bertz CT molecular complexity index is 406. The van der Waals surface area contributed by atoms with Crippen LogP contribution in [0.5, 0.6) is 0 Å². The second-order valence-corrected chi connectivity index (χ2v) is 3.59. The summed E-state index contributed by atoms with van der Waals surface area (Å²) in [6, 6.07) is 5.78. The molecule has 0 fully saturated rings. The molecule has 112 valence electrons. The van der Waals surface area contributed by atoms with Crippen molar-refractivity contribution in [3.05, 3.63) is 30.1 Å². The number of nitrogens with one attached hydrogen (secondary N) is 1. The number of hydrogen-bond donors (Lipinski definition) is 1. The third-order valence-corrected chi connectivity index (χ3v) is 1.93. The fourth-order valence-corrected chi connectivity index (χ4v) is 1.16. The van der Waals surface area contributed by atoms with E-state index in [2.05, 4.69) is 10.1 Å². The highest BCUT2D eigenvalue weighted by Gasteiger charge is 2.00. The van der Waals surface area contributed by atoms with Crippen molar-refractivity contribution in [2.24, 2.45) is 0 Å². The minimum absolute atomic E-state index is 0.0967. The Morgan fingerprint density at radius 3 is 2.05 bits per heavy atom. The summed E-state index contributed by atoms with van der Waals surface area (Å²) in [6.07, 6.45) is 0. The summed E-state index contributed by atoms with van der Waals surface area (Å²) < 4.78 is 21.6. The van der Waals surface area contributed by atoms with E-state index in [0.717, 1.165) is 0 Å². The van der Waals surface area contributed by atoms with E-state index in [1.165, 1.54) is 19.1 Å². The van der Waals surface area contributed by atoms with Crippen molar-refractivity contribution in [2.75, 3.05) is 25.1 Å². The van der Waals surface area contributed by atoms with E-state index in [4.69, 9.17) is 4.74 Å². The van der Waals surface area contributed by atoms with E-state index < -0.39 is 0 Å². The van der Waals surface area contributed by atoms with Gasteiger partial charge < -0.3 is 14.8 Å². The lowest BCUT2D eigenvalue weighted by atomic mass is 10.3. The Hall–Kier alpha value is -2.11. The second-order valence-electron chi connectivity index (χ2n) is 3.59. The van der Waals surface area contributed by atoms with Gasteiger partial charge in [0.15, 0.2) is 0 Å². The lowest BCUT2D eigenvalue weighted by molar-refractivity contribution is -0.141. The lowest BCUT2D eigenvalue weighted by Crippen LogP contribution is -2.16. The first-order valence-electron chi connectivity index (χ1n) is 6.28. The highest BCUT2D eigenvalue weighted by Crippen LogP contribution is 2.07. The molecule has 1 rings (SSSR count). The maximum absolute atomic E-state index is 12.5. The number of carbonyl (C=O) groups excluding carboxylic acids is 2. The molecule has 0 saturated heterocycles. The summed E-state index contributed by atoms with van der Waals surface area (Å²) in [5.41, 5.74) is 0.694. The summed E-state index contributed by atoms with van der Waals surface area (Å²) in [4.78, 5) is 20.7. The summed E-state index contributed by atoms with van der Waals surface area (Å²) in [6.45, 7) is 5.86. The van der Waals surface area contributed by atoms with E-state index in [0.29, 0.717) is 18.9 Å². The highest BCUT2D eigenvalue weighted by molar-refractivity contribution is 5.74. The standard InChI is InChI=1S/C10H12FNO2.C4H8O2/c1-2-14-10(13)7-12-9-5-3-8(11)4-6-9;1-3-6-4(2)5/h3-6,12H,2,7H2,1H3;3H2,1-2H3. The molecule has 0 unspecified atom stereocenters. The van der Waals surface area contributed by atoms with E-state index in [9.17, 15) is 14.0 Å². The summed E-state index contributed by atoms with van der Waals surface area (Å²) in [7, 11) is 0. The molecule has 0 aromatic heterocycles. The SMILES string of the molecule is CCOC(=O)CNc1ccc(F)cc1.CCOC(C)=O. The van der Waals surface area contributed by atoms with E-state index in [-0.39, 0.29) is 24.3 Å². The van der Waals surface area contributed by atoms with Crippen LogP contribution in [-0.4, -0.2) is 31.7 Å². The molecule has 0 saturated carbocycles. The molecular weight excluding hydrogens is 265 g/mol. The van der Waals surface area contributed by atoms with Crippen LogP contribution in [0.15, 0.2) is 24.3 Å². The molecule has 0 heterocycles. The van der Waals surface area contributed by atoms with Gasteiger partial charge in [-0.25, -0.2) is 4.39 Å². The van der Waals surface area contributed by atoms with Crippen LogP contribution in [0.25, 0.3) is 0 Å². The topological polar surface area (TPSA) is 64.6 Å². The molecule has 1 aromatic carbocycles. The van der Waals surface area contributed by atoms with Gasteiger partial charge in [0.2, 0.25) is 0 Å². The normalized spacial score (nSPS) is 9.00. The van der Waals surface area contributed by atoms with Gasteiger partial charge in [-0.05, 0) is 38.1 Å². The van der Waals surface area contributed by atoms with E-state index >= 15 is 0 Å². The molecule has 0 atom stereocenters. The number of esters is 2. The first-order chi connectivity index (χ1) is 9.49. The van der Waals surface area contributed by atoms with Gasteiger partial charge in [0.1, 0.15) is 12.4 Å². The van der Waals surface area contributed by atoms with Crippen molar-refractivity contribution in [3.63, 3.8) is 0 Å². The molecule has 6 heteroatoms. The largest absolute Gasteiger partial charge is 0.466 e. The van der Waals surface area contributed by atoms with Crippen LogP contribution < -0.4 is 5.32 Å². The van der Waals surface area contributed by atoms with Crippen LogP contribution in [0.1, 0.15) is 20.8 Å². The fraction of sp³-hybridized carbons (Fsp3) is 0.429. The van der Waals surface area contributed by atoms with Crippen LogP contribution >= 0.6 is 0 Å². The highest BCUT2D eigenvalue weighted by atomic mass is 19.1. The maximum Gasteiger partial charge on any atom is 0.325 e. The Morgan fingerprint density at radius 2 is 1.65 bits per heavy atom. The zero-order valence-corrected chi connectivity index (χ0v) is 11.9. The number of benzene rings is 1. The first-order valence-corrected chi connectivity index (χ1v) is 6.28. The first kappa shape index (κ1) is 17.9. The second kappa shape index (κ2) is 10.8. The number of rotatable bonds is 5. The molecule has 0 spiro atoms. The minimum atomic E-state index is -0.322. The molecule has 0 amide bonds. The molecule has 0 radical (unpaired) electrons. The van der Waals surface area contributed by atoms with E-state index in [1.54, 1.807) is 26.0 Å². The van der Waals surface area contributed by atoms with Crippen molar-refractivity contribution < 1.29 is 23.5 Å². The Kier molecular flexibility index (Phi) is 9.64. The average Bonchev–Trinajstić information content (AvgIpc) is 2.39. The molecular formula is C14H20FNO4. The van der Waals surface area contributed by atoms with Crippen LogP contribution in [-0.2, 0) is 19.1 Å². The Balaban J connectivity index is 0.000000511. The van der Waals surface area contributed by atoms with Crippen LogP contribution in [0.3, 0.4) is 0 Å². The van der Waals surface area contributed by atoms with Crippen molar-refractivity contribution in [3.8, 4) is 0 Å². The Labute approximate surface area is 118 Å². The number of anilines is 1. The summed E-state index contributed by atoms with van der Waals surface area (Å²) in [5, 5.41) is 2.82. The molecule has 1 aromatic rings. The predicted molar refractivity (Wildman–Crippen MR) is 73.8 cm³/mol. The van der Waals surface area contributed by atoms with Crippen molar-refractivity contribution in [1.82, 2.24) is 0 Å². The number of halogens is 1. The smallest absolute Gasteiger partial charge is 0.325 e. The molecule has 1 N–H and O–H groups in total. The number of ether oxygens (including phenoxy) is 2. The number of hydrogen-bond acceptors (Lipinski definition) is 5. The van der Waals surface area contributed by atoms with Gasteiger partial charge >= 0.3 is 11.9 Å². The zero-order chi connectivity index (χ0) is 15.4. The molecule has 0 aliphatic rings. The lowest BCUT2D eigenvalue weighted by Gasteiger charge is -2.05. The van der Waals surface area contributed by atoms with Gasteiger partial charge in [-0.2, -0.15) is 0 Å². The maximum atomic E-state index is 12.5. The molecule has 5 nitrogen and oxygen atoms in total. The predicted octanol–water partition coefficient (Wildman–Crippen LogP) is 2.37. The fourth-order valence-electron chi connectivity index (χ4n) is 1.16. The third-order valence-electron chi connectivity index (χ3n) is 1.93. The van der Waals surface area contributed by atoms with Gasteiger partial charge in [0, 0.05) is 12.6 Å². The quantitative estimate of drug-likeness (QED) is 0.841.